The molecular weight excluding hydrogens is 382 g/mol. The maximum Gasteiger partial charge on any atom is 0.229 e. The molecule has 3 rings (SSSR count). The Morgan fingerprint density at radius 1 is 1.21 bits per heavy atom. The van der Waals surface area contributed by atoms with Gasteiger partial charge in [0.05, 0.1) is 5.92 Å². The lowest BCUT2D eigenvalue weighted by atomic mass is 9.78. The molecule has 2 aromatic rings. The summed E-state index contributed by atoms with van der Waals surface area (Å²) in [5.74, 6) is -3.00. The second kappa shape index (κ2) is 8.18. The van der Waals surface area contributed by atoms with Crippen LogP contribution in [0.5, 0.6) is 0 Å². The summed E-state index contributed by atoms with van der Waals surface area (Å²) in [5, 5.41) is 6.77. The predicted octanol–water partition coefficient (Wildman–Crippen LogP) is 5.36. The largest absolute Gasteiger partial charge is 0.326 e. The van der Waals surface area contributed by atoms with Crippen molar-refractivity contribution in [3.63, 3.8) is 0 Å². The van der Waals surface area contributed by atoms with Crippen molar-refractivity contribution in [3.8, 4) is 0 Å². The van der Waals surface area contributed by atoms with E-state index in [1.807, 2.05) is 0 Å². The van der Waals surface area contributed by atoms with E-state index in [2.05, 4.69) is 31.4 Å². The first kappa shape index (κ1) is 20.7. The van der Waals surface area contributed by atoms with Crippen LogP contribution in [0.25, 0.3) is 0 Å². The topological polar surface area (TPSA) is 41.1 Å². The van der Waals surface area contributed by atoms with E-state index in [1.165, 1.54) is 6.07 Å². The van der Waals surface area contributed by atoms with Crippen molar-refractivity contribution in [2.45, 2.75) is 39.2 Å². The number of carbonyl (C=O) groups is 1. The van der Waals surface area contributed by atoms with Gasteiger partial charge < -0.3 is 10.6 Å². The van der Waals surface area contributed by atoms with Crippen LogP contribution < -0.4 is 10.6 Å². The number of anilines is 1. The van der Waals surface area contributed by atoms with Crippen molar-refractivity contribution < 1.29 is 13.6 Å². The molecular formula is C22H25ClF2N2O. The second-order valence-corrected chi connectivity index (χ2v) is 8.99. The quantitative estimate of drug-likeness (QED) is 0.717. The minimum Gasteiger partial charge on any atom is -0.326 e. The molecule has 2 N–H and O–H groups in total. The third-order valence-corrected chi connectivity index (χ3v) is 5.31. The van der Waals surface area contributed by atoms with Crippen molar-refractivity contribution >= 4 is 23.2 Å². The molecule has 0 saturated carbocycles. The average Bonchev–Trinajstić information content (AvgIpc) is 2.99. The number of carbonyl (C=O) groups excluding carboxylic acids is 1. The van der Waals surface area contributed by atoms with Crippen molar-refractivity contribution in [2.24, 2.45) is 11.3 Å². The molecule has 1 fully saturated rings. The van der Waals surface area contributed by atoms with Crippen LogP contribution in [0, 0.1) is 23.0 Å². The summed E-state index contributed by atoms with van der Waals surface area (Å²) in [4.78, 5) is 13.2. The maximum absolute atomic E-state index is 14.5. The molecule has 2 aromatic carbocycles. The van der Waals surface area contributed by atoms with Gasteiger partial charge in [-0.2, -0.15) is 0 Å². The summed E-state index contributed by atoms with van der Waals surface area (Å²) in [5.41, 5.74) is 0.786. The Morgan fingerprint density at radius 2 is 1.93 bits per heavy atom. The summed E-state index contributed by atoms with van der Waals surface area (Å²) in [6.45, 7) is 6.69. The molecule has 1 aliphatic rings. The van der Waals surface area contributed by atoms with Crippen molar-refractivity contribution in [3.05, 3.63) is 64.7 Å². The van der Waals surface area contributed by atoms with E-state index in [0.717, 1.165) is 12.5 Å². The number of halogens is 3. The fourth-order valence-electron chi connectivity index (χ4n) is 3.94. The summed E-state index contributed by atoms with van der Waals surface area (Å²) >= 11 is 6.01. The van der Waals surface area contributed by atoms with Crippen LogP contribution in [0.15, 0.2) is 42.5 Å². The van der Waals surface area contributed by atoms with Gasteiger partial charge in [-0.1, -0.05) is 50.6 Å². The van der Waals surface area contributed by atoms with Crippen LogP contribution in [-0.2, 0) is 4.79 Å². The highest BCUT2D eigenvalue weighted by atomic mass is 35.5. The van der Waals surface area contributed by atoms with Crippen LogP contribution in [0.4, 0.5) is 14.5 Å². The van der Waals surface area contributed by atoms with Crippen LogP contribution in [0.2, 0.25) is 5.02 Å². The second-order valence-electron chi connectivity index (χ2n) is 8.55. The maximum atomic E-state index is 14.5. The highest BCUT2D eigenvalue weighted by molar-refractivity contribution is 6.30. The highest BCUT2D eigenvalue weighted by Gasteiger charge is 2.44. The number of rotatable bonds is 4. The number of benzene rings is 2. The third kappa shape index (κ3) is 4.70. The van der Waals surface area contributed by atoms with Crippen LogP contribution in [0.3, 0.4) is 0 Å². The Bertz CT molecular complexity index is 866. The number of nitrogens with one attached hydrogen (secondary N) is 2. The van der Waals surface area contributed by atoms with Crippen molar-refractivity contribution in [1.29, 1.82) is 0 Å². The van der Waals surface area contributed by atoms with Gasteiger partial charge in [0.1, 0.15) is 0 Å². The molecule has 0 aromatic heterocycles. The molecule has 1 amide bonds. The van der Waals surface area contributed by atoms with E-state index >= 15 is 0 Å². The first-order chi connectivity index (χ1) is 13.2. The highest BCUT2D eigenvalue weighted by Crippen LogP contribution is 2.39. The Hall–Kier alpha value is -1.98. The van der Waals surface area contributed by atoms with Crippen LogP contribution in [0.1, 0.15) is 38.7 Å². The van der Waals surface area contributed by atoms with E-state index in [1.54, 1.807) is 30.3 Å². The first-order valence-electron chi connectivity index (χ1n) is 9.39. The summed E-state index contributed by atoms with van der Waals surface area (Å²) in [6.07, 6.45) is 0.730. The van der Waals surface area contributed by atoms with Crippen LogP contribution in [-0.4, -0.2) is 18.5 Å². The van der Waals surface area contributed by atoms with Crippen LogP contribution >= 0.6 is 11.6 Å². The Labute approximate surface area is 169 Å². The first-order valence-corrected chi connectivity index (χ1v) is 9.77. The predicted molar refractivity (Wildman–Crippen MR) is 109 cm³/mol. The van der Waals surface area contributed by atoms with Gasteiger partial charge in [0, 0.05) is 29.2 Å². The lowest BCUT2D eigenvalue weighted by Crippen LogP contribution is -2.38. The lowest BCUT2D eigenvalue weighted by Gasteiger charge is -2.29. The number of hydrogen-bond donors (Lipinski definition) is 2. The van der Waals surface area contributed by atoms with Gasteiger partial charge in [-0.25, -0.2) is 8.78 Å². The number of hydrogen-bond acceptors (Lipinski definition) is 2. The molecule has 1 aliphatic heterocycles. The Balaban J connectivity index is 1.93. The Morgan fingerprint density at radius 3 is 2.61 bits per heavy atom. The summed E-state index contributed by atoms with van der Waals surface area (Å²) in [7, 11) is 0. The molecule has 0 aliphatic carbocycles. The van der Waals surface area contributed by atoms with E-state index in [9.17, 15) is 13.6 Å². The van der Waals surface area contributed by atoms with Gasteiger partial charge in [0.2, 0.25) is 5.91 Å². The molecule has 28 heavy (non-hydrogen) atoms. The normalized spacial score (nSPS) is 22.3. The van der Waals surface area contributed by atoms with E-state index in [0.29, 0.717) is 17.3 Å². The zero-order valence-corrected chi connectivity index (χ0v) is 17.0. The molecule has 0 bridgehead atoms. The molecule has 0 spiro atoms. The van der Waals surface area contributed by atoms with Gasteiger partial charge in [-0.15, -0.1) is 0 Å². The van der Waals surface area contributed by atoms with E-state index in [4.69, 9.17) is 11.6 Å². The van der Waals surface area contributed by atoms with Gasteiger partial charge in [0.15, 0.2) is 11.6 Å². The minimum absolute atomic E-state index is 0.0262. The molecule has 6 heteroatoms. The summed E-state index contributed by atoms with van der Waals surface area (Å²) < 4.78 is 28.3. The number of amides is 1. The monoisotopic (exact) mass is 406 g/mol. The van der Waals surface area contributed by atoms with Crippen molar-refractivity contribution in [2.75, 3.05) is 11.9 Å². The van der Waals surface area contributed by atoms with Gasteiger partial charge >= 0.3 is 0 Å². The van der Waals surface area contributed by atoms with Gasteiger partial charge in [0.25, 0.3) is 0 Å². The van der Waals surface area contributed by atoms with Gasteiger partial charge in [-0.05, 0) is 41.7 Å². The minimum atomic E-state index is -0.897. The third-order valence-electron chi connectivity index (χ3n) is 5.08. The van der Waals surface area contributed by atoms with Gasteiger partial charge in [-0.3, -0.25) is 4.79 Å². The smallest absolute Gasteiger partial charge is 0.229 e. The zero-order chi connectivity index (χ0) is 20.5. The fourth-order valence-corrected chi connectivity index (χ4v) is 4.13. The average molecular weight is 407 g/mol. The SMILES string of the molecule is CC(C)(C)CC1NC[C@H](c2cccc(F)c2F)[C@@H]1C(=O)Nc1cccc(Cl)c1. The lowest BCUT2D eigenvalue weighted by molar-refractivity contribution is -0.120. The molecule has 0 radical (unpaired) electrons. The molecule has 150 valence electrons. The van der Waals surface area contributed by atoms with E-state index in [-0.39, 0.29) is 22.9 Å². The zero-order valence-electron chi connectivity index (χ0n) is 16.2. The summed E-state index contributed by atoms with van der Waals surface area (Å²) in [6, 6.07) is 10.9. The molecule has 3 atom stereocenters. The van der Waals surface area contributed by atoms with E-state index < -0.39 is 23.5 Å². The molecule has 3 nitrogen and oxygen atoms in total. The molecule has 1 saturated heterocycles. The standard InChI is InChI=1S/C22H25ClF2N2O/c1-22(2,3)11-18-19(21(28)27-14-7-4-6-13(23)10-14)16(12-26-18)15-8-5-9-17(24)20(15)25/h4-10,16,18-19,26H,11-12H2,1-3H3,(H,27,28)/t16-,18?,19+/m1/s1. The Kier molecular flexibility index (Phi) is 6.06. The van der Waals surface area contributed by atoms with Crippen molar-refractivity contribution in [1.82, 2.24) is 5.32 Å². The fraction of sp³-hybridized carbons (Fsp3) is 0.409. The molecule has 1 heterocycles. The molecule has 1 unspecified atom stereocenters.